The van der Waals surface area contributed by atoms with Gasteiger partial charge >= 0.3 is 18.3 Å². The second-order valence-electron chi connectivity index (χ2n) is 6.46. The fourth-order valence-corrected chi connectivity index (χ4v) is 2.85. The van der Waals surface area contributed by atoms with Gasteiger partial charge in [-0.25, -0.2) is 9.59 Å². The van der Waals surface area contributed by atoms with Crippen molar-refractivity contribution in [2.75, 3.05) is 26.7 Å². The molecule has 27 heavy (non-hydrogen) atoms. The van der Waals surface area contributed by atoms with Crippen LogP contribution in [0.25, 0.3) is 0 Å². The first-order chi connectivity index (χ1) is 12.7. The van der Waals surface area contributed by atoms with Gasteiger partial charge in [-0.05, 0) is 37.5 Å². The SMILES string of the molecule is CCOC(=O)N1CCC(NC(=O)N(C)Cc2ccc(C(F)(F)F)cc2)CC1. The van der Waals surface area contributed by atoms with Crippen molar-refractivity contribution >= 4 is 12.1 Å². The number of rotatable bonds is 4. The predicted octanol–water partition coefficient (Wildman–Crippen LogP) is 3.47. The average Bonchev–Trinajstić information content (AvgIpc) is 2.62. The smallest absolute Gasteiger partial charge is 0.416 e. The van der Waals surface area contributed by atoms with Crippen LogP contribution in [0.15, 0.2) is 24.3 Å². The standard InChI is InChI=1S/C18H24F3N3O3/c1-3-27-17(26)24-10-8-15(9-11-24)22-16(25)23(2)12-13-4-6-14(7-5-13)18(19,20)21/h4-7,15H,3,8-12H2,1-2H3,(H,22,25). The molecular formula is C18H24F3N3O3. The summed E-state index contributed by atoms with van der Waals surface area (Å²) in [6, 6.07) is 4.38. The number of ether oxygens (including phenoxy) is 1. The molecule has 0 unspecified atom stereocenters. The summed E-state index contributed by atoms with van der Waals surface area (Å²) in [5.41, 5.74) is -0.107. The van der Waals surface area contributed by atoms with Crippen LogP contribution in [-0.4, -0.2) is 54.7 Å². The van der Waals surface area contributed by atoms with Crippen LogP contribution in [0.2, 0.25) is 0 Å². The monoisotopic (exact) mass is 387 g/mol. The predicted molar refractivity (Wildman–Crippen MR) is 93.1 cm³/mol. The van der Waals surface area contributed by atoms with E-state index < -0.39 is 11.7 Å². The lowest BCUT2D eigenvalue weighted by atomic mass is 10.1. The minimum Gasteiger partial charge on any atom is -0.450 e. The molecule has 1 saturated heterocycles. The van der Waals surface area contributed by atoms with Gasteiger partial charge in [-0.1, -0.05) is 12.1 Å². The molecule has 0 bridgehead atoms. The number of hydrogen-bond donors (Lipinski definition) is 1. The molecule has 0 spiro atoms. The Bertz CT molecular complexity index is 641. The number of carbonyl (C=O) groups excluding carboxylic acids is 2. The van der Waals surface area contributed by atoms with E-state index >= 15 is 0 Å². The highest BCUT2D eigenvalue weighted by atomic mass is 19.4. The first-order valence-electron chi connectivity index (χ1n) is 8.80. The molecule has 0 radical (unpaired) electrons. The third-order valence-electron chi connectivity index (χ3n) is 4.40. The summed E-state index contributed by atoms with van der Waals surface area (Å²) in [5, 5.41) is 2.89. The van der Waals surface area contributed by atoms with Gasteiger partial charge in [0.15, 0.2) is 0 Å². The molecule has 6 nitrogen and oxygen atoms in total. The maximum Gasteiger partial charge on any atom is 0.416 e. The van der Waals surface area contributed by atoms with Gasteiger partial charge in [0, 0.05) is 32.7 Å². The maximum absolute atomic E-state index is 12.6. The van der Waals surface area contributed by atoms with Crippen molar-refractivity contribution in [3.63, 3.8) is 0 Å². The van der Waals surface area contributed by atoms with Gasteiger partial charge in [0.05, 0.1) is 12.2 Å². The van der Waals surface area contributed by atoms with Gasteiger partial charge in [0.1, 0.15) is 0 Å². The van der Waals surface area contributed by atoms with E-state index in [0.717, 1.165) is 12.1 Å². The van der Waals surface area contributed by atoms with Crippen molar-refractivity contribution in [3.05, 3.63) is 35.4 Å². The van der Waals surface area contributed by atoms with Gasteiger partial charge in [-0.3, -0.25) is 0 Å². The van der Waals surface area contributed by atoms with Crippen molar-refractivity contribution in [3.8, 4) is 0 Å². The van der Waals surface area contributed by atoms with E-state index in [0.29, 0.717) is 38.1 Å². The highest BCUT2D eigenvalue weighted by Gasteiger charge is 2.30. The summed E-state index contributed by atoms with van der Waals surface area (Å²) in [6.45, 7) is 3.28. The molecule has 1 N–H and O–H groups in total. The number of alkyl halides is 3. The zero-order valence-corrected chi connectivity index (χ0v) is 15.4. The second-order valence-corrected chi connectivity index (χ2v) is 6.46. The molecular weight excluding hydrogens is 363 g/mol. The highest BCUT2D eigenvalue weighted by Crippen LogP contribution is 2.29. The van der Waals surface area contributed by atoms with E-state index in [1.165, 1.54) is 17.0 Å². The molecule has 150 valence electrons. The Morgan fingerprint density at radius 1 is 1.22 bits per heavy atom. The normalized spacial score (nSPS) is 15.4. The molecule has 3 amide bonds. The van der Waals surface area contributed by atoms with E-state index in [1.54, 1.807) is 18.9 Å². The van der Waals surface area contributed by atoms with Crippen LogP contribution in [0, 0.1) is 0 Å². The topological polar surface area (TPSA) is 61.9 Å². The molecule has 1 aromatic rings. The molecule has 0 atom stereocenters. The van der Waals surface area contributed by atoms with Crippen LogP contribution in [0.5, 0.6) is 0 Å². The summed E-state index contributed by atoms with van der Waals surface area (Å²) in [6.07, 6.45) is -3.47. The van der Waals surface area contributed by atoms with E-state index in [4.69, 9.17) is 4.74 Å². The van der Waals surface area contributed by atoms with Gasteiger partial charge in [-0.15, -0.1) is 0 Å². The highest BCUT2D eigenvalue weighted by molar-refractivity contribution is 5.74. The quantitative estimate of drug-likeness (QED) is 0.861. The number of hydrogen-bond acceptors (Lipinski definition) is 3. The zero-order valence-electron chi connectivity index (χ0n) is 15.4. The summed E-state index contributed by atoms with van der Waals surface area (Å²) >= 11 is 0. The fourth-order valence-electron chi connectivity index (χ4n) is 2.85. The Balaban J connectivity index is 1.80. The van der Waals surface area contributed by atoms with Crippen LogP contribution in [0.1, 0.15) is 30.9 Å². The van der Waals surface area contributed by atoms with Crippen molar-refractivity contribution in [2.45, 2.75) is 38.5 Å². The van der Waals surface area contributed by atoms with Crippen molar-refractivity contribution < 1.29 is 27.5 Å². The Labute approximate surface area is 156 Å². The van der Waals surface area contributed by atoms with Gasteiger partial charge in [-0.2, -0.15) is 13.2 Å². The number of carbonyl (C=O) groups is 2. The molecule has 1 fully saturated rings. The lowest BCUT2D eigenvalue weighted by Gasteiger charge is -2.32. The second kappa shape index (κ2) is 8.96. The lowest BCUT2D eigenvalue weighted by Crippen LogP contribution is -2.49. The minimum absolute atomic E-state index is 0.0572. The number of halogens is 3. The average molecular weight is 387 g/mol. The lowest BCUT2D eigenvalue weighted by molar-refractivity contribution is -0.137. The van der Waals surface area contributed by atoms with Crippen LogP contribution < -0.4 is 5.32 Å². The van der Waals surface area contributed by atoms with Crippen LogP contribution in [0.3, 0.4) is 0 Å². The number of likely N-dealkylation sites (tertiary alicyclic amines) is 1. The van der Waals surface area contributed by atoms with Gasteiger partial charge < -0.3 is 19.9 Å². The Morgan fingerprint density at radius 3 is 2.33 bits per heavy atom. The van der Waals surface area contributed by atoms with E-state index in [1.807, 2.05) is 0 Å². The third kappa shape index (κ3) is 6.04. The van der Waals surface area contributed by atoms with Crippen molar-refractivity contribution in [2.24, 2.45) is 0 Å². The van der Waals surface area contributed by atoms with Gasteiger partial charge in [0.25, 0.3) is 0 Å². The summed E-state index contributed by atoms with van der Waals surface area (Å²) in [7, 11) is 1.58. The molecule has 0 aromatic heterocycles. The molecule has 1 heterocycles. The summed E-state index contributed by atoms with van der Waals surface area (Å²) in [5.74, 6) is 0. The molecule has 1 aromatic carbocycles. The number of urea groups is 1. The zero-order chi connectivity index (χ0) is 20.0. The molecule has 9 heteroatoms. The van der Waals surface area contributed by atoms with E-state index in [2.05, 4.69) is 5.32 Å². The fraction of sp³-hybridized carbons (Fsp3) is 0.556. The van der Waals surface area contributed by atoms with Crippen LogP contribution in [0.4, 0.5) is 22.8 Å². The number of nitrogens with one attached hydrogen (secondary N) is 1. The van der Waals surface area contributed by atoms with Crippen molar-refractivity contribution in [1.29, 1.82) is 0 Å². The Kier molecular flexibility index (Phi) is 6.92. The van der Waals surface area contributed by atoms with Crippen molar-refractivity contribution in [1.82, 2.24) is 15.1 Å². The number of amides is 3. The number of benzene rings is 1. The molecule has 1 aliphatic rings. The number of nitrogens with zero attached hydrogens (tertiary/aromatic N) is 2. The van der Waals surface area contributed by atoms with E-state index in [-0.39, 0.29) is 24.7 Å². The minimum atomic E-state index is -4.37. The molecule has 2 rings (SSSR count). The Hall–Kier alpha value is -2.45. The first-order valence-corrected chi connectivity index (χ1v) is 8.80. The summed E-state index contributed by atoms with van der Waals surface area (Å²) < 4.78 is 42.7. The largest absolute Gasteiger partial charge is 0.450 e. The maximum atomic E-state index is 12.6. The Morgan fingerprint density at radius 2 is 1.81 bits per heavy atom. The molecule has 0 saturated carbocycles. The van der Waals surface area contributed by atoms with Gasteiger partial charge in [0.2, 0.25) is 0 Å². The van der Waals surface area contributed by atoms with E-state index in [9.17, 15) is 22.8 Å². The number of piperidine rings is 1. The van der Waals surface area contributed by atoms with Crippen LogP contribution in [-0.2, 0) is 17.5 Å². The molecule has 0 aliphatic carbocycles. The van der Waals surface area contributed by atoms with Crippen LogP contribution >= 0.6 is 0 Å². The molecule has 1 aliphatic heterocycles. The third-order valence-corrected chi connectivity index (χ3v) is 4.40. The first kappa shape index (κ1) is 20.9. The summed E-state index contributed by atoms with van der Waals surface area (Å²) in [4.78, 5) is 27.0.